The van der Waals surface area contributed by atoms with E-state index in [9.17, 15) is 14.7 Å². The maximum atomic E-state index is 12.9. The van der Waals surface area contributed by atoms with Crippen molar-refractivity contribution < 1.29 is 14.7 Å². The van der Waals surface area contributed by atoms with Gasteiger partial charge in [-0.2, -0.15) is 0 Å². The number of nitrogens with zero attached hydrogens (tertiary/aromatic N) is 2. The number of amides is 2. The summed E-state index contributed by atoms with van der Waals surface area (Å²) in [5, 5.41) is 13.5. The van der Waals surface area contributed by atoms with Crippen LogP contribution in [0.3, 0.4) is 0 Å². The first-order valence-electron chi connectivity index (χ1n) is 11.5. The van der Waals surface area contributed by atoms with Crippen LogP contribution in [-0.4, -0.2) is 64.5 Å². The second-order valence-electron chi connectivity index (χ2n) is 9.26. The predicted molar refractivity (Wildman–Crippen MR) is 123 cm³/mol. The van der Waals surface area contributed by atoms with Crippen molar-refractivity contribution in [3.8, 4) is 11.1 Å². The van der Waals surface area contributed by atoms with E-state index < -0.39 is 5.60 Å². The zero-order valence-electron chi connectivity index (χ0n) is 18.2. The molecule has 3 fully saturated rings. The normalized spacial score (nSPS) is 19.7. The molecule has 0 radical (unpaired) electrons. The fourth-order valence-electron chi connectivity index (χ4n) is 4.21. The molecule has 0 aromatic heterocycles. The molecule has 168 valence electrons. The molecule has 0 bridgehead atoms. The first-order valence-corrected chi connectivity index (χ1v) is 11.5. The number of carbonyl (C=O) groups excluding carboxylic acids is 2. The highest BCUT2D eigenvalue weighted by Gasteiger charge is 2.50. The number of aliphatic hydroxyl groups is 1. The summed E-state index contributed by atoms with van der Waals surface area (Å²) < 4.78 is 0. The van der Waals surface area contributed by atoms with E-state index in [-0.39, 0.29) is 11.8 Å². The Bertz CT molecular complexity index is 1020. The van der Waals surface area contributed by atoms with Gasteiger partial charge in [-0.3, -0.25) is 9.59 Å². The molecule has 7 nitrogen and oxygen atoms in total. The number of nitrogen functional groups attached to an aromatic ring is 1. The quantitative estimate of drug-likeness (QED) is 0.604. The summed E-state index contributed by atoms with van der Waals surface area (Å²) in [5.41, 5.74) is 9.66. The fraction of sp³-hybridized carbons (Fsp3) is 0.440. The lowest BCUT2D eigenvalue weighted by molar-refractivity contribution is -0.143. The van der Waals surface area contributed by atoms with E-state index in [1.54, 1.807) is 9.80 Å². The number of anilines is 1. The van der Waals surface area contributed by atoms with E-state index in [0.29, 0.717) is 50.6 Å². The van der Waals surface area contributed by atoms with E-state index in [2.05, 4.69) is 11.4 Å². The van der Waals surface area contributed by atoms with Gasteiger partial charge in [0.15, 0.2) is 0 Å². The highest BCUT2D eigenvalue weighted by molar-refractivity contribution is 5.95. The Balaban J connectivity index is 1.21. The van der Waals surface area contributed by atoms with Gasteiger partial charge in [-0.05, 0) is 66.6 Å². The molecule has 2 aromatic carbocycles. The average molecular weight is 435 g/mol. The van der Waals surface area contributed by atoms with Crippen molar-refractivity contribution in [2.75, 3.05) is 31.9 Å². The number of hydrogen-bond donors (Lipinski definition) is 3. The van der Waals surface area contributed by atoms with Gasteiger partial charge >= 0.3 is 0 Å². The number of piperazine rings is 1. The Kier molecular flexibility index (Phi) is 5.39. The van der Waals surface area contributed by atoms with Crippen LogP contribution in [0.1, 0.15) is 41.6 Å². The lowest BCUT2D eigenvalue weighted by Crippen LogP contribution is -2.53. The molecule has 5 rings (SSSR count). The number of nitrogens with one attached hydrogen (secondary N) is 1. The molecular formula is C25H30N4O3. The monoisotopic (exact) mass is 434 g/mol. The first kappa shape index (κ1) is 21.0. The van der Waals surface area contributed by atoms with E-state index in [1.807, 2.05) is 36.4 Å². The summed E-state index contributed by atoms with van der Waals surface area (Å²) >= 11 is 0. The minimum Gasteiger partial charge on any atom is -0.398 e. The second kappa shape index (κ2) is 8.22. The topological polar surface area (TPSA) is 98.9 Å². The fourth-order valence-corrected chi connectivity index (χ4v) is 4.21. The van der Waals surface area contributed by atoms with Crippen molar-refractivity contribution in [3.05, 3.63) is 53.6 Å². The van der Waals surface area contributed by atoms with Crippen molar-refractivity contribution in [2.24, 2.45) is 0 Å². The van der Waals surface area contributed by atoms with Crippen molar-refractivity contribution in [1.82, 2.24) is 15.1 Å². The molecule has 1 saturated heterocycles. The molecule has 4 N–H and O–H groups in total. The molecule has 2 saturated carbocycles. The second-order valence-corrected chi connectivity index (χ2v) is 9.26. The standard InChI is InChI=1S/C25H30N4O3/c26-22-8-5-19(15-20(22)16-27-21-6-7-21)17-1-3-18(4-2-17)23(30)28-11-13-29(14-12-28)24(31)25(32)9-10-25/h1-5,8,15,21,27,32H,6-7,9-14,16,26H2. The highest BCUT2D eigenvalue weighted by Crippen LogP contribution is 2.37. The van der Waals surface area contributed by atoms with Gasteiger partial charge in [0.2, 0.25) is 0 Å². The minimum atomic E-state index is -1.14. The Hall–Kier alpha value is -2.90. The summed E-state index contributed by atoms with van der Waals surface area (Å²) in [6, 6.07) is 14.4. The third kappa shape index (κ3) is 4.36. The first-order chi connectivity index (χ1) is 15.4. The van der Waals surface area contributed by atoms with Gasteiger partial charge in [-0.15, -0.1) is 0 Å². The van der Waals surface area contributed by atoms with Crippen LogP contribution < -0.4 is 11.1 Å². The van der Waals surface area contributed by atoms with Gasteiger partial charge in [-0.1, -0.05) is 18.2 Å². The molecule has 3 aliphatic rings. The lowest BCUT2D eigenvalue weighted by Gasteiger charge is -2.35. The lowest BCUT2D eigenvalue weighted by atomic mass is 10.00. The van der Waals surface area contributed by atoms with E-state index >= 15 is 0 Å². The molecular weight excluding hydrogens is 404 g/mol. The van der Waals surface area contributed by atoms with Gasteiger partial charge in [0.05, 0.1) is 0 Å². The Labute approximate surface area is 188 Å². The van der Waals surface area contributed by atoms with Crippen LogP contribution in [0.25, 0.3) is 11.1 Å². The van der Waals surface area contributed by atoms with Gasteiger partial charge in [-0.25, -0.2) is 0 Å². The van der Waals surface area contributed by atoms with Crippen molar-refractivity contribution in [3.63, 3.8) is 0 Å². The smallest absolute Gasteiger partial charge is 0.254 e. The van der Waals surface area contributed by atoms with Crippen LogP contribution in [0, 0.1) is 0 Å². The van der Waals surface area contributed by atoms with Crippen LogP contribution in [0.2, 0.25) is 0 Å². The molecule has 7 heteroatoms. The zero-order chi connectivity index (χ0) is 22.3. The van der Waals surface area contributed by atoms with E-state index in [0.717, 1.165) is 28.9 Å². The third-order valence-corrected chi connectivity index (χ3v) is 6.74. The maximum Gasteiger partial charge on any atom is 0.254 e. The van der Waals surface area contributed by atoms with Crippen molar-refractivity contribution in [2.45, 2.75) is 43.9 Å². The number of rotatable bonds is 6. The van der Waals surface area contributed by atoms with Gasteiger partial charge < -0.3 is 26.0 Å². The predicted octanol–water partition coefficient (Wildman–Crippen LogP) is 2.00. The molecule has 1 aliphatic heterocycles. The molecule has 0 atom stereocenters. The van der Waals surface area contributed by atoms with Gasteiger partial charge in [0, 0.05) is 50.0 Å². The number of carbonyl (C=O) groups is 2. The zero-order valence-corrected chi connectivity index (χ0v) is 18.2. The molecule has 2 aromatic rings. The largest absolute Gasteiger partial charge is 0.398 e. The van der Waals surface area contributed by atoms with Crippen LogP contribution in [0.15, 0.2) is 42.5 Å². The highest BCUT2D eigenvalue weighted by atomic mass is 16.3. The molecule has 0 spiro atoms. The molecule has 0 unspecified atom stereocenters. The number of nitrogens with two attached hydrogens (primary N) is 1. The van der Waals surface area contributed by atoms with Gasteiger partial charge in [0.1, 0.15) is 5.60 Å². The summed E-state index contributed by atoms with van der Waals surface area (Å²) in [7, 11) is 0. The summed E-state index contributed by atoms with van der Waals surface area (Å²) in [6.07, 6.45) is 3.57. The van der Waals surface area contributed by atoms with Crippen molar-refractivity contribution >= 4 is 17.5 Å². The SMILES string of the molecule is Nc1ccc(-c2ccc(C(=O)N3CCN(C(=O)C4(O)CC4)CC3)cc2)cc1CNC1CC1. The molecule has 2 aliphatic carbocycles. The average Bonchev–Trinajstić information content (AvgIpc) is 3.76. The van der Waals surface area contributed by atoms with E-state index in [4.69, 9.17) is 5.73 Å². The van der Waals surface area contributed by atoms with Crippen LogP contribution in [-0.2, 0) is 11.3 Å². The van der Waals surface area contributed by atoms with E-state index in [1.165, 1.54) is 12.8 Å². The maximum absolute atomic E-state index is 12.9. The molecule has 32 heavy (non-hydrogen) atoms. The summed E-state index contributed by atoms with van der Waals surface area (Å²) in [4.78, 5) is 28.7. The van der Waals surface area contributed by atoms with Crippen LogP contribution in [0.5, 0.6) is 0 Å². The number of benzene rings is 2. The van der Waals surface area contributed by atoms with Crippen molar-refractivity contribution in [1.29, 1.82) is 0 Å². The molecule has 2 amide bonds. The Morgan fingerprint density at radius 2 is 1.59 bits per heavy atom. The third-order valence-electron chi connectivity index (χ3n) is 6.74. The Morgan fingerprint density at radius 3 is 2.22 bits per heavy atom. The minimum absolute atomic E-state index is 0.0274. The number of hydrogen-bond acceptors (Lipinski definition) is 5. The Morgan fingerprint density at radius 1 is 0.969 bits per heavy atom. The van der Waals surface area contributed by atoms with Crippen LogP contribution in [0.4, 0.5) is 5.69 Å². The summed E-state index contributed by atoms with van der Waals surface area (Å²) in [6.45, 7) is 2.67. The van der Waals surface area contributed by atoms with Gasteiger partial charge in [0.25, 0.3) is 11.8 Å². The summed E-state index contributed by atoms with van der Waals surface area (Å²) in [5.74, 6) is -0.218. The van der Waals surface area contributed by atoms with Crippen LogP contribution >= 0.6 is 0 Å². The molecule has 1 heterocycles.